The third kappa shape index (κ3) is 3.16. The van der Waals surface area contributed by atoms with Gasteiger partial charge in [0.05, 0.1) is 32.7 Å². The number of rotatable bonds is 3. The number of nitrogens with one attached hydrogen (secondary N) is 3. The van der Waals surface area contributed by atoms with Gasteiger partial charge in [0.25, 0.3) is 5.56 Å². The Labute approximate surface area is 164 Å². The van der Waals surface area contributed by atoms with Gasteiger partial charge in [-0.3, -0.25) is 4.79 Å². The zero-order valence-electron chi connectivity index (χ0n) is 14.3. The molecule has 0 saturated carbocycles. The van der Waals surface area contributed by atoms with Crippen LogP contribution in [-0.4, -0.2) is 21.6 Å². The fourth-order valence-corrected chi connectivity index (χ4v) is 3.71. The lowest BCUT2D eigenvalue weighted by Crippen LogP contribution is -2.38. The van der Waals surface area contributed by atoms with Crippen LogP contribution in [0.15, 0.2) is 29.2 Å². The van der Waals surface area contributed by atoms with Crippen LogP contribution in [-0.2, 0) is 0 Å². The molecule has 0 fully saturated rings. The van der Waals surface area contributed by atoms with Crippen molar-refractivity contribution in [3.8, 4) is 0 Å². The first-order valence-corrected chi connectivity index (χ1v) is 9.10. The van der Waals surface area contributed by atoms with Gasteiger partial charge in [-0.25, -0.2) is 4.98 Å². The first-order chi connectivity index (χ1) is 13.0. The summed E-state index contributed by atoms with van der Waals surface area (Å²) in [6.07, 6.45) is 4.63. The molecule has 6 nitrogen and oxygen atoms in total. The van der Waals surface area contributed by atoms with E-state index in [-0.39, 0.29) is 5.56 Å². The first kappa shape index (κ1) is 17.9. The number of hydrogen-bond donors (Lipinski definition) is 4. The number of nitrogens with zero attached hydrogens (tertiary/aromatic N) is 1. The highest BCUT2D eigenvalue weighted by atomic mass is 35.5. The van der Waals surface area contributed by atoms with Gasteiger partial charge in [0.2, 0.25) is 0 Å². The van der Waals surface area contributed by atoms with Crippen LogP contribution < -0.4 is 26.6 Å². The third-order valence-corrected chi connectivity index (χ3v) is 5.04. The van der Waals surface area contributed by atoms with Crippen molar-refractivity contribution in [1.82, 2.24) is 15.3 Å². The Hall–Kier alpha value is -2.54. The second kappa shape index (κ2) is 6.88. The molecule has 1 atom stereocenters. The molecule has 4 N–H and O–H groups in total. The molecule has 0 bridgehead atoms. The minimum Gasteiger partial charge on any atom is -0.389 e. The van der Waals surface area contributed by atoms with E-state index in [1.165, 1.54) is 0 Å². The van der Waals surface area contributed by atoms with Crippen molar-refractivity contribution in [2.24, 2.45) is 0 Å². The molecule has 1 aliphatic heterocycles. The summed E-state index contributed by atoms with van der Waals surface area (Å²) in [4.78, 5) is 19.6. The molecule has 3 heterocycles. The van der Waals surface area contributed by atoms with E-state index in [1.807, 2.05) is 6.08 Å². The standard InChI is InChI=1S/C19H16Cl2N4O2/c1-9(26)10-6-13(20)17(14(21)7-10)25-18-11-2-4-22-8-12(11)16-15(24-18)3-5-23-19(16)27/h2-3,5-9,22,26H,4H2,1H3,(H,23,27)(H,24,25)/t9-/m0/s1. The van der Waals surface area contributed by atoms with Crippen LogP contribution in [0.3, 0.4) is 0 Å². The Morgan fingerprint density at radius 3 is 2.70 bits per heavy atom. The van der Waals surface area contributed by atoms with E-state index >= 15 is 0 Å². The molecule has 27 heavy (non-hydrogen) atoms. The van der Waals surface area contributed by atoms with Crippen molar-refractivity contribution in [3.05, 3.63) is 60.8 Å². The number of aromatic nitrogens is 2. The molecule has 2 aromatic heterocycles. The minimum atomic E-state index is -0.679. The van der Waals surface area contributed by atoms with Gasteiger partial charge in [0, 0.05) is 29.4 Å². The summed E-state index contributed by atoms with van der Waals surface area (Å²) in [7, 11) is 0. The van der Waals surface area contributed by atoms with Crippen molar-refractivity contribution in [2.75, 3.05) is 11.9 Å². The fourth-order valence-electron chi connectivity index (χ4n) is 3.11. The highest BCUT2D eigenvalue weighted by molar-refractivity contribution is 6.39. The average molecular weight is 403 g/mol. The molecule has 3 aromatic rings. The van der Waals surface area contributed by atoms with Crippen molar-refractivity contribution in [3.63, 3.8) is 0 Å². The van der Waals surface area contributed by atoms with Crippen LogP contribution in [0.25, 0.3) is 23.2 Å². The van der Waals surface area contributed by atoms with E-state index in [4.69, 9.17) is 23.2 Å². The van der Waals surface area contributed by atoms with E-state index in [9.17, 15) is 9.90 Å². The molecule has 0 unspecified atom stereocenters. The number of halogens is 2. The fraction of sp³-hybridized carbons (Fsp3) is 0.158. The first-order valence-electron chi connectivity index (χ1n) is 8.35. The Bertz CT molecular complexity index is 1210. The van der Waals surface area contributed by atoms with E-state index in [0.29, 0.717) is 44.6 Å². The monoisotopic (exact) mass is 402 g/mol. The van der Waals surface area contributed by atoms with Crippen LogP contribution >= 0.6 is 23.2 Å². The Balaban J connectivity index is 1.94. The molecule has 8 heteroatoms. The highest BCUT2D eigenvalue weighted by Gasteiger charge is 2.15. The highest BCUT2D eigenvalue weighted by Crippen LogP contribution is 2.35. The minimum absolute atomic E-state index is 0.200. The number of fused-ring (bicyclic) bond motifs is 3. The van der Waals surface area contributed by atoms with Crippen LogP contribution in [0.1, 0.15) is 18.6 Å². The smallest absolute Gasteiger partial charge is 0.258 e. The second-order valence-corrected chi connectivity index (χ2v) is 7.09. The van der Waals surface area contributed by atoms with E-state index in [2.05, 4.69) is 20.6 Å². The van der Waals surface area contributed by atoms with Crippen LogP contribution in [0.5, 0.6) is 0 Å². The number of aliphatic hydroxyl groups excluding tert-OH is 1. The van der Waals surface area contributed by atoms with Gasteiger partial charge >= 0.3 is 0 Å². The molecule has 0 spiro atoms. The topological polar surface area (TPSA) is 90.0 Å². The third-order valence-electron chi connectivity index (χ3n) is 4.45. The summed E-state index contributed by atoms with van der Waals surface area (Å²) in [5.74, 6) is 0.550. The van der Waals surface area contributed by atoms with Gasteiger partial charge in [-0.2, -0.15) is 0 Å². The van der Waals surface area contributed by atoms with Gasteiger partial charge in [-0.1, -0.05) is 29.3 Å². The zero-order valence-corrected chi connectivity index (χ0v) is 15.8. The van der Waals surface area contributed by atoms with Crippen LogP contribution in [0.4, 0.5) is 11.5 Å². The molecule has 4 rings (SSSR count). The lowest BCUT2D eigenvalue weighted by atomic mass is 10.1. The average Bonchev–Trinajstić information content (AvgIpc) is 2.64. The van der Waals surface area contributed by atoms with Gasteiger partial charge in [0.15, 0.2) is 0 Å². The van der Waals surface area contributed by atoms with Gasteiger partial charge in [-0.05, 0) is 30.7 Å². The maximum atomic E-state index is 12.3. The van der Waals surface area contributed by atoms with Gasteiger partial charge < -0.3 is 20.7 Å². The van der Waals surface area contributed by atoms with Crippen molar-refractivity contribution < 1.29 is 5.11 Å². The SMILES string of the molecule is C[C@H](O)c1cc(Cl)c(Nc2nc3cc[nH]c(=O)c3c3c2=CCNC=3)c(Cl)c1. The molecule has 0 radical (unpaired) electrons. The number of anilines is 2. The molecule has 0 aliphatic carbocycles. The van der Waals surface area contributed by atoms with E-state index < -0.39 is 6.10 Å². The summed E-state index contributed by atoms with van der Waals surface area (Å²) in [5, 5.41) is 18.9. The van der Waals surface area contributed by atoms with E-state index in [0.717, 1.165) is 10.4 Å². The van der Waals surface area contributed by atoms with Gasteiger partial charge in [0.1, 0.15) is 5.82 Å². The van der Waals surface area contributed by atoms with Crippen LogP contribution in [0.2, 0.25) is 10.0 Å². The number of H-pyrrole nitrogens is 1. The van der Waals surface area contributed by atoms with Gasteiger partial charge in [-0.15, -0.1) is 0 Å². The zero-order chi connectivity index (χ0) is 19.1. The number of aromatic amines is 1. The maximum absolute atomic E-state index is 12.3. The summed E-state index contributed by atoms with van der Waals surface area (Å²) < 4.78 is 0. The van der Waals surface area contributed by atoms with Crippen molar-refractivity contribution in [2.45, 2.75) is 13.0 Å². The molecular weight excluding hydrogens is 387 g/mol. The maximum Gasteiger partial charge on any atom is 0.258 e. The van der Waals surface area contributed by atoms with Crippen LogP contribution in [0, 0.1) is 0 Å². The lowest BCUT2D eigenvalue weighted by molar-refractivity contribution is 0.199. The number of aliphatic hydroxyl groups is 1. The molecule has 138 valence electrons. The predicted octanol–water partition coefficient (Wildman–Crippen LogP) is 2.15. The second-order valence-electron chi connectivity index (χ2n) is 6.27. The normalized spacial score (nSPS) is 13.9. The summed E-state index contributed by atoms with van der Waals surface area (Å²) >= 11 is 12.8. The molecule has 0 amide bonds. The van der Waals surface area contributed by atoms with Crippen molar-refractivity contribution >= 4 is 57.9 Å². The Kier molecular flexibility index (Phi) is 4.55. The number of hydrogen-bond acceptors (Lipinski definition) is 5. The van der Waals surface area contributed by atoms with Crippen molar-refractivity contribution in [1.29, 1.82) is 0 Å². The molecule has 1 aromatic carbocycles. The van der Waals surface area contributed by atoms with E-state index in [1.54, 1.807) is 37.5 Å². The quantitative estimate of drug-likeness (QED) is 0.538. The summed E-state index contributed by atoms with van der Waals surface area (Å²) in [6.45, 7) is 2.26. The Morgan fingerprint density at radius 1 is 1.26 bits per heavy atom. The largest absolute Gasteiger partial charge is 0.389 e. The Morgan fingerprint density at radius 2 is 2.00 bits per heavy atom. The lowest BCUT2D eigenvalue weighted by Gasteiger charge is -2.15. The summed E-state index contributed by atoms with van der Waals surface area (Å²) in [5.41, 5.74) is 1.47. The predicted molar refractivity (Wildman–Crippen MR) is 109 cm³/mol. The number of pyridine rings is 2. The molecular formula is C19H16Cl2N4O2. The number of benzene rings is 1. The molecule has 0 saturated heterocycles. The molecule has 1 aliphatic rings. The summed E-state index contributed by atoms with van der Waals surface area (Å²) in [6, 6.07) is 5.07.